The van der Waals surface area contributed by atoms with Crippen LogP contribution in [0.5, 0.6) is 0 Å². The van der Waals surface area contributed by atoms with Gasteiger partial charge in [0.05, 0.1) is 11.9 Å². The number of halogens is 2. The Morgan fingerprint density at radius 3 is 2.55 bits per heavy atom. The third-order valence-electron chi connectivity index (χ3n) is 4.79. The van der Waals surface area contributed by atoms with Crippen molar-refractivity contribution in [3.63, 3.8) is 0 Å². The first-order chi connectivity index (χ1) is 14.8. The summed E-state index contributed by atoms with van der Waals surface area (Å²) in [6.45, 7) is 15.9. The second kappa shape index (κ2) is 13.4. The number of hydrogen-bond donors (Lipinski definition) is 1. The molecule has 1 aliphatic rings. The van der Waals surface area contributed by atoms with Gasteiger partial charge in [-0.2, -0.15) is 0 Å². The molecule has 3 nitrogen and oxygen atoms in total. The molecule has 0 radical (unpaired) electrons. The fraction of sp³-hybridized carbons (Fsp3) is 0.400. The molecule has 0 saturated carbocycles. The Bertz CT molecular complexity index is 933. The minimum atomic E-state index is -0.795. The molecule has 0 spiro atoms. The lowest BCUT2D eigenvalue weighted by atomic mass is 9.96. The average molecular weight is 466 g/mol. The summed E-state index contributed by atoms with van der Waals surface area (Å²) in [6, 6.07) is 3.19. The van der Waals surface area contributed by atoms with Gasteiger partial charge < -0.3 is 9.67 Å². The molecule has 31 heavy (non-hydrogen) atoms. The third-order valence-corrected chi connectivity index (χ3v) is 5.96. The lowest BCUT2D eigenvalue weighted by molar-refractivity contribution is -0.137. The molecule has 1 aromatic carbocycles. The molecule has 0 amide bonds. The van der Waals surface area contributed by atoms with E-state index in [1.54, 1.807) is 36.0 Å². The van der Waals surface area contributed by atoms with Gasteiger partial charge in [-0.25, -0.2) is 4.39 Å². The van der Waals surface area contributed by atoms with Gasteiger partial charge in [0.2, 0.25) is 0 Å². The molecule has 0 aliphatic carbocycles. The Labute approximate surface area is 194 Å². The van der Waals surface area contributed by atoms with Crippen molar-refractivity contribution in [2.24, 2.45) is 0 Å². The molecule has 1 aliphatic heterocycles. The maximum atomic E-state index is 14.2. The van der Waals surface area contributed by atoms with Crippen LogP contribution in [0.1, 0.15) is 63.6 Å². The van der Waals surface area contributed by atoms with E-state index in [0.29, 0.717) is 5.88 Å². The zero-order valence-corrected chi connectivity index (χ0v) is 20.4. The molecule has 2 heterocycles. The van der Waals surface area contributed by atoms with Crippen LogP contribution < -0.4 is 0 Å². The minimum Gasteiger partial charge on any atom is -0.481 e. The Kier molecular flexibility index (Phi) is 11.7. The summed E-state index contributed by atoms with van der Waals surface area (Å²) >= 11 is 6.63. The lowest BCUT2D eigenvalue weighted by Crippen LogP contribution is -2.04. The number of benzene rings is 1. The van der Waals surface area contributed by atoms with E-state index in [0.717, 1.165) is 40.0 Å². The van der Waals surface area contributed by atoms with Crippen molar-refractivity contribution >= 4 is 40.2 Å². The van der Waals surface area contributed by atoms with Crippen LogP contribution in [0, 0.1) is 5.82 Å². The van der Waals surface area contributed by atoms with Gasteiger partial charge in [0.1, 0.15) is 5.82 Å². The van der Waals surface area contributed by atoms with Crippen LogP contribution in [0.3, 0.4) is 0 Å². The van der Waals surface area contributed by atoms with Gasteiger partial charge in [0, 0.05) is 34.3 Å². The maximum Gasteiger partial charge on any atom is 0.304 e. The molecule has 2 aromatic rings. The second-order valence-electron chi connectivity index (χ2n) is 7.12. The first kappa shape index (κ1) is 27.1. The molecular weight excluding hydrogens is 433 g/mol. The summed E-state index contributed by atoms with van der Waals surface area (Å²) in [5, 5.41) is 12.3. The molecule has 1 N–H and O–H groups in total. The number of carbonyl (C=O) groups is 1. The summed E-state index contributed by atoms with van der Waals surface area (Å²) < 4.78 is 16.3. The lowest BCUT2D eigenvalue weighted by Gasteiger charge is -2.12. The van der Waals surface area contributed by atoms with E-state index in [4.69, 9.17) is 11.6 Å². The highest BCUT2D eigenvalue weighted by Gasteiger charge is 2.32. The number of carboxylic acids is 1. The summed E-state index contributed by atoms with van der Waals surface area (Å²) in [5.74, 6) is -0.331. The predicted octanol–water partition coefficient (Wildman–Crippen LogP) is 8.10. The molecule has 1 atom stereocenters. The first-order valence-corrected chi connectivity index (χ1v) is 11.9. The third kappa shape index (κ3) is 6.75. The number of carboxylic acid groups (broad SMARTS) is 1. The molecular formula is C25H33ClFNO2S. The van der Waals surface area contributed by atoms with Crippen LogP contribution in [0.4, 0.5) is 4.39 Å². The first-order valence-electron chi connectivity index (χ1n) is 10.5. The minimum absolute atomic E-state index is 0.0346. The van der Waals surface area contributed by atoms with Crippen LogP contribution >= 0.6 is 23.4 Å². The van der Waals surface area contributed by atoms with Crippen LogP contribution in [0.25, 0.3) is 10.9 Å². The number of aromatic nitrogens is 1. The fourth-order valence-electron chi connectivity index (χ4n) is 3.67. The van der Waals surface area contributed by atoms with Crippen molar-refractivity contribution in [1.29, 1.82) is 0 Å². The van der Waals surface area contributed by atoms with Crippen LogP contribution in [-0.4, -0.2) is 21.5 Å². The normalized spacial score (nSPS) is 14.6. The maximum absolute atomic E-state index is 14.2. The number of thioether (sulfide) groups is 1. The highest BCUT2D eigenvalue weighted by molar-refractivity contribution is 8.02. The van der Waals surface area contributed by atoms with Crippen molar-refractivity contribution in [3.8, 4) is 0 Å². The second-order valence-corrected chi connectivity index (χ2v) is 8.34. The highest BCUT2D eigenvalue weighted by Crippen LogP contribution is 2.47. The van der Waals surface area contributed by atoms with Gasteiger partial charge in [-0.1, -0.05) is 64.3 Å². The molecule has 1 aromatic heterocycles. The van der Waals surface area contributed by atoms with E-state index in [1.807, 2.05) is 25.3 Å². The topological polar surface area (TPSA) is 42.2 Å². The predicted molar refractivity (Wildman–Crippen MR) is 133 cm³/mol. The van der Waals surface area contributed by atoms with Crippen molar-refractivity contribution in [2.75, 3.05) is 5.88 Å². The number of alkyl halides is 1. The molecule has 0 fully saturated rings. The molecule has 6 heteroatoms. The van der Waals surface area contributed by atoms with Gasteiger partial charge in [-0.3, -0.25) is 4.79 Å². The van der Waals surface area contributed by atoms with E-state index >= 15 is 0 Å². The summed E-state index contributed by atoms with van der Waals surface area (Å²) in [4.78, 5) is 12.3. The van der Waals surface area contributed by atoms with E-state index in [-0.39, 0.29) is 24.1 Å². The summed E-state index contributed by atoms with van der Waals surface area (Å²) in [7, 11) is 0. The average Bonchev–Trinajstić information content (AvgIpc) is 3.28. The Morgan fingerprint density at radius 1 is 1.39 bits per heavy atom. The zero-order valence-electron chi connectivity index (χ0n) is 18.8. The van der Waals surface area contributed by atoms with E-state index in [2.05, 4.69) is 31.6 Å². The van der Waals surface area contributed by atoms with Crippen LogP contribution in [-0.2, 0) is 11.3 Å². The van der Waals surface area contributed by atoms with Crippen molar-refractivity contribution in [3.05, 3.63) is 66.0 Å². The summed E-state index contributed by atoms with van der Waals surface area (Å²) in [5.41, 5.74) is 2.88. The highest BCUT2D eigenvalue weighted by atomic mass is 35.5. The molecule has 0 saturated heterocycles. The molecule has 170 valence electrons. The van der Waals surface area contributed by atoms with Crippen LogP contribution in [0.2, 0.25) is 0 Å². The van der Waals surface area contributed by atoms with Gasteiger partial charge in [-0.05, 0) is 35.4 Å². The molecule has 0 bridgehead atoms. The number of hydrogen-bond acceptors (Lipinski definition) is 2. The quantitative estimate of drug-likeness (QED) is 0.194. The largest absolute Gasteiger partial charge is 0.481 e. The van der Waals surface area contributed by atoms with Crippen molar-refractivity contribution in [1.82, 2.24) is 4.57 Å². The SMILES string of the molecule is C=C/C=C/Sc1c2n(c3cc(F)cc(C(C)C)c13)CCC2CC(=O)O.C=CCCl.CC. The molecule has 1 unspecified atom stereocenters. The van der Waals surface area contributed by atoms with Crippen molar-refractivity contribution in [2.45, 2.75) is 63.8 Å². The van der Waals surface area contributed by atoms with Gasteiger partial charge in [-0.15, -0.1) is 18.2 Å². The van der Waals surface area contributed by atoms with E-state index in [9.17, 15) is 14.3 Å². The smallest absolute Gasteiger partial charge is 0.304 e. The zero-order chi connectivity index (χ0) is 23.6. The number of aliphatic carboxylic acids is 1. The number of aryl methyl sites for hydroxylation is 1. The fourth-order valence-corrected chi connectivity index (χ4v) is 4.73. The van der Waals surface area contributed by atoms with Crippen LogP contribution in [0.15, 0.2) is 53.8 Å². The number of allylic oxidation sites excluding steroid dienone is 3. The molecule has 3 rings (SSSR count). The number of fused-ring (bicyclic) bond motifs is 3. The Balaban J connectivity index is 0.000000720. The monoisotopic (exact) mass is 465 g/mol. The number of rotatable bonds is 7. The van der Waals surface area contributed by atoms with E-state index in [1.165, 1.54) is 0 Å². The Morgan fingerprint density at radius 2 is 2.03 bits per heavy atom. The van der Waals surface area contributed by atoms with Gasteiger partial charge in [0.15, 0.2) is 0 Å². The number of nitrogens with zero attached hydrogens (tertiary/aromatic N) is 1. The van der Waals surface area contributed by atoms with Gasteiger partial charge in [0.25, 0.3) is 0 Å². The van der Waals surface area contributed by atoms with Crippen molar-refractivity contribution < 1.29 is 14.3 Å². The van der Waals surface area contributed by atoms with E-state index < -0.39 is 5.97 Å². The Hall–Kier alpha value is -1.98. The standard InChI is InChI=1S/C20H22FNO2S.C3H5Cl.C2H6/c1-4-5-8-25-20-18-15(12(2)3)10-14(21)11-16(18)22-7-6-13(19(20)22)9-17(23)24;1-2-3-4;1-2/h4-5,8,10-13H,1,6-7,9H2,2-3H3,(H,23,24);2H,1,3H2;1-2H3/b8-5+;;. The van der Waals surface area contributed by atoms with Gasteiger partial charge >= 0.3 is 5.97 Å². The summed E-state index contributed by atoms with van der Waals surface area (Å²) in [6.07, 6.45) is 6.10.